The molecule has 40 valence electrons. The third-order valence-corrected chi connectivity index (χ3v) is 0.858. The molecule has 1 N–H and O–H groups in total. The first-order valence-electron chi connectivity index (χ1n) is 2.05. The summed E-state index contributed by atoms with van der Waals surface area (Å²) in [5.41, 5.74) is 0.750. The van der Waals surface area contributed by atoms with Crippen molar-refractivity contribution in [3.05, 3.63) is 12.0 Å². The molecule has 0 atom stereocenters. The van der Waals surface area contributed by atoms with Gasteiger partial charge in [-0.25, -0.2) is 5.06 Å². The predicted molar refractivity (Wildman–Crippen MR) is 23.3 cm³/mol. The fraction of sp³-hybridized carbons (Fsp3) is 0.500. The summed E-state index contributed by atoms with van der Waals surface area (Å²) in [5, 5.41) is 9.68. The van der Waals surface area contributed by atoms with Crippen LogP contribution in [0.4, 0.5) is 0 Å². The Bertz CT molecular complexity index is 99.9. The summed E-state index contributed by atoms with van der Waals surface area (Å²) in [5.74, 6) is 0. The van der Waals surface area contributed by atoms with Crippen LogP contribution in [-0.4, -0.2) is 17.0 Å². The third-order valence-electron chi connectivity index (χ3n) is 0.858. The monoisotopic (exact) mass is 101 g/mol. The molecule has 1 aliphatic heterocycles. The van der Waals surface area contributed by atoms with E-state index in [1.54, 1.807) is 6.92 Å². The smallest absolute Gasteiger partial charge is 0.183 e. The van der Waals surface area contributed by atoms with E-state index in [2.05, 4.69) is 4.74 Å². The molecule has 0 saturated carbocycles. The predicted octanol–water partition coefficient (Wildman–Crippen LogP) is 0.527. The van der Waals surface area contributed by atoms with Gasteiger partial charge in [0.05, 0.1) is 5.70 Å². The van der Waals surface area contributed by atoms with Crippen LogP contribution >= 0.6 is 0 Å². The number of hydrogen-bond acceptors (Lipinski definition) is 3. The number of allylic oxidation sites excluding steroid dienone is 1. The molecule has 0 aliphatic carbocycles. The Hall–Kier alpha value is -0.700. The lowest BCUT2D eigenvalue weighted by Gasteiger charge is -2.04. The maximum atomic E-state index is 8.64. The summed E-state index contributed by atoms with van der Waals surface area (Å²) in [7, 11) is 0. The zero-order valence-electron chi connectivity index (χ0n) is 4.09. The quantitative estimate of drug-likeness (QED) is 0.483. The van der Waals surface area contributed by atoms with Crippen LogP contribution in [0.5, 0.6) is 0 Å². The van der Waals surface area contributed by atoms with E-state index >= 15 is 0 Å². The molecule has 7 heavy (non-hydrogen) atoms. The van der Waals surface area contributed by atoms with Gasteiger partial charge in [-0.15, -0.1) is 0 Å². The van der Waals surface area contributed by atoms with Crippen molar-refractivity contribution in [2.45, 2.75) is 6.92 Å². The first kappa shape index (κ1) is 4.46. The van der Waals surface area contributed by atoms with Gasteiger partial charge in [0, 0.05) is 0 Å². The van der Waals surface area contributed by atoms with E-state index < -0.39 is 0 Å². The summed E-state index contributed by atoms with van der Waals surface area (Å²) in [6.07, 6.45) is 1.51. The molecule has 3 nitrogen and oxygen atoms in total. The molecule has 0 spiro atoms. The largest absolute Gasteiger partial charge is 0.477 e. The Morgan fingerprint density at radius 3 is 2.86 bits per heavy atom. The van der Waals surface area contributed by atoms with Crippen molar-refractivity contribution in [2.24, 2.45) is 0 Å². The van der Waals surface area contributed by atoms with E-state index in [9.17, 15) is 0 Å². The van der Waals surface area contributed by atoms with Crippen LogP contribution in [0.15, 0.2) is 12.0 Å². The Morgan fingerprint density at radius 1 is 2.00 bits per heavy atom. The van der Waals surface area contributed by atoms with Gasteiger partial charge in [0.2, 0.25) is 0 Å². The van der Waals surface area contributed by atoms with Crippen LogP contribution in [-0.2, 0) is 4.74 Å². The average Bonchev–Trinajstić information content (AvgIpc) is 1.91. The van der Waals surface area contributed by atoms with Crippen molar-refractivity contribution < 1.29 is 9.94 Å². The minimum atomic E-state index is 0.270. The number of hydroxylamine groups is 2. The molecule has 0 unspecified atom stereocenters. The van der Waals surface area contributed by atoms with E-state index in [0.29, 0.717) is 0 Å². The highest BCUT2D eigenvalue weighted by Gasteiger charge is 2.06. The molecule has 0 amide bonds. The number of ether oxygens (including phenoxy) is 1. The van der Waals surface area contributed by atoms with Gasteiger partial charge in [-0.2, -0.15) is 0 Å². The summed E-state index contributed by atoms with van der Waals surface area (Å²) in [6, 6.07) is 0. The fourth-order valence-electron chi connectivity index (χ4n) is 0.391. The van der Waals surface area contributed by atoms with E-state index in [-0.39, 0.29) is 6.73 Å². The molecule has 1 heterocycles. The van der Waals surface area contributed by atoms with Crippen LogP contribution < -0.4 is 0 Å². The van der Waals surface area contributed by atoms with Gasteiger partial charge in [0.15, 0.2) is 6.73 Å². The molecule has 0 fully saturated rings. The highest BCUT2D eigenvalue weighted by atomic mass is 16.6. The number of rotatable bonds is 0. The molecule has 0 aromatic rings. The van der Waals surface area contributed by atoms with Gasteiger partial charge in [-0.05, 0) is 6.92 Å². The minimum absolute atomic E-state index is 0.270. The number of hydrogen-bond donors (Lipinski definition) is 1. The molecule has 1 rings (SSSR count). The third kappa shape index (κ3) is 0.667. The summed E-state index contributed by atoms with van der Waals surface area (Å²) in [4.78, 5) is 0. The average molecular weight is 101 g/mol. The van der Waals surface area contributed by atoms with Crippen LogP contribution in [0.2, 0.25) is 0 Å². The molecule has 1 aliphatic rings. The number of nitrogens with zero attached hydrogens (tertiary/aromatic N) is 1. The molecule has 0 radical (unpaired) electrons. The Kier molecular flexibility index (Phi) is 0.906. The van der Waals surface area contributed by atoms with Gasteiger partial charge in [-0.3, -0.25) is 5.21 Å². The molecule has 3 heteroatoms. The van der Waals surface area contributed by atoms with Gasteiger partial charge in [0.1, 0.15) is 6.26 Å². The van der Waals surface area contributed by atoms with Gasteiger partial charge < -0.3 is 4.74 Å². The Balaban J connectivity index is 2.54. The molecule has 0 saturated heterocycles. The second kappa shape index (κ2) is 1.42. The van der Waals surface area contributed by atoms with Crippen molar-refractivity contribution in [2.75, 3.05) is 6.73 Å². The Morgan fingerprint density at radius 2 is 2.71 bits per heavy atom. The normalized spacial score (nSPS) is 19.1. The minimum Gasteiger partial charge on any atom is -0.477 e. The van der Waals surface area contributed by atoms with Gasteiger partial charge in [-0.1, -0.05) is 0 Å². The van der Waals surface area contributed by atoms with Crippen LogP contribution in [0.1, 0.15) is 6.92 Å². The molecule has 0 aromatic carbocycles. The van der Waals surface area contributed by atoms with Crippen molar-refractivity contribution in [3.8, 4) is 0 Å². The Labute approximate surface area is 41.8 Å². The first-order chi connectivity index (χ1) is 3.30. The zero-order valence-corrected chi connectivity index (χ0v) is 4.09. The van der Waals surface area contributed by atoms with Crippen molar-refractivity contribution in [1.29, 1.82) is 0 Å². The second-order valence-corrected chi connectivity index (χ2v) is 1.45. The lowest BCUT2D eigenvalue weighted by molar-refractivity contribution is -0.0885. The maximum absolute atomic E-state index is 8.64. The first-order valence-corrected chi connectivity index (χ1v) is 2.05. The van der Waals surface area contributed by atoms with Crippen molar-refractivity contribution in [1.82, 2.24) is 5.06 Å². The summed E-state index contributed by atoms with van der Waals surface area (Å²) < 4.78 is 4.68. The summed E-state index contributed by atoms with van der Waals surface area (Å²) in [6.45, 7) is 2.04. The topological polar surface area (TPSA) is 32.7 Å². The molecular formula is C4H7NO2. The fourth-order valence-corrected chi connectivity index (χ4v) is 0.391. The molecule has 0 bridgehead atoms. The highest BCUT2D eigenvalue weighted by molar-refractivity contribution is 4.91. The van der Waals surface area contributed by atoms with Crippen molar-refractivity contribution in [3.63, 3.8) is 0 Å². The van der Waals surface area contributed by atoms with Gasteiger partial charge >= 0.3 is 0 Å². The molecular weight excluding hydrogens is 94.0 g/mol. The van der Waals surface area contributed by atoms with E-state index in [1.807, 2.05) is 0 Å². The van der Waals surface area contributed by atoms with Crippen molar-refractivity contribution >= 4 is 0 Å². The van der Waals surface area contributed by atoms with Crippen LogP contribution in [0.25, 0.3) is 0 Å². The summed E-state index contributed by atoms with van der Waals surface area (Å²) >= 11 is 0. The zero-order chi connectivity index (χ0) is 5.28. The van der Waals surface area contributed by atoms with Crippen LogP contribution in [0.3, 0.4) is 0 Å². The lowest BCUT2D eigenvalue weighted by Crippen LogP contribution is -2.12. The lowest BCUT2D eigenvalue weighted by atomic mass is 10.6. The van der Waals surface area contributed by atoms with E-state index in [0.717, 1.165) is 10.8 Å². The van der Waals surface area contributed by atoms with E-state index in [4.69, 9.17) is 5.21 Å². The standard InChI is InChI=1S/C4H7NO2/c1-4-2-7-3-5(4)6/h2,6H,3H2,1H3. The van der Waals surface area contributed by atoms with Crippen LogP contribution in [0, 0.1) is 0 Å². The SMILES string of the molecule is CC1=COCN1O. The second-order valence-electron chi connectivity index (χ2n) is 1.45. The maximum Gasteiger partial charge on any atom is 0.183 e. The van der Waals surface area contributed by atoms with Gasteiger partial charge in [0.25, 0.3) is 0 Å². The highest BCUT2D eigenvalue weighted by Crippen LogP contribution is 2.05. The van der Waals surface area contributed by atoms with E-state index in [1.165, 1.54) is 6.26 Å². The molecule has 0 aromatic heterocycles.